The Bertz CT molecular complexity index is 1080. The van der Waals surface area contributed by atoms with Crippen molar-refractivity contribution >= 4 is 29.6 Å². The van der Waals surface area contributed by atoms with E-state index in [1.807, 2.05) is 32.0 Å². The number of aryl methyl sites for hydroxylation is 2. The average molecular weight is 482 g/mol. The summed E-state index contributed by atoms with van der Waals surface area (Å²) in [6.45, 7) is 4.02. The van der Waals surface area contributed by atoms with E-state index in [4.69, 9.17) is 11.5 Å². The number of azo groups is 1. The summed E-state index contributed by atoms with van der Waals surface area (Å²) in [4.78, 5) is 40.9. The molecule has 0 aliphatic heterocycles. The number of aliphatic imine (C=N–C) groups is 1. The Kier molecular flexibility index (Phi) is 10.3. The fourth-order valence-corrected chi connectivity index (χ4v) is 3.29. The molecule has 0 saturated carbocycles. The first-order valence-corrected chi connectivity index (χ1v) is 11.1. The number of guanidine groups is 1. The molecule has 11 nitrogen and oxygen atoms in total. The van der Waals surface area contributed by atoms with Gasteiger partial charge in [0.25, 0.3) is 0 Å². The lowest BCUT2D eigenvalue weighted by Gasteiger charge is -2.20. The van der Waals surface area contributed by atoms with Crippen molar-refractivity contribution in [2.24, 2.45) is 26.7 Å². The monoisotopic (exact) mass is 481 g/mol. The van der Waals surface area contributed by atoms with Crippen LogP contribution in [0.1, 0.15) is 29.5 Å². The smallest absolute Gasteiger partial charge is 0.360 e. The zero-order valence-electron chi connectivity index (χ0n) is 19.8. The lowest BCUT2D eigenvalue weighted by Crippen LogP contribution is -2.52. The molecule has 2 aromatic rings. The Morgan fingerprint density at radius 3 is 2.34 bits per heavy atom. The van der Waals surface area contributed by atoms with Gasteiger partial charge in [-0.1, -0.05) is 53.1 Å². The molecule has 0 fully saturated rings. The Balaban J connectivity index is 2.12. The molecule has 0 heterocycles. The number of carboxylic acids is 1. The number of carboxylic acid groups (broad SMARTS) is 1. The minimum atomic E-state index is -1.21. The molecule has 11 heteroatoms. The maximum absolute atomic E-state index is 13.0. The van der Waals surface area contributed by atoms with Gasteiger partial charge < -0.3 is 27.2 Å². The molecular weight excluding hydrogens is 450 g/mol. The van der Waals surface area contributed by atoms with Crippen LogP contribution in [0.25, 0.3) is 0 Å². The van der Waals surface area contributed by atoms with Gasteiger partial charge in [-0.15, -0.1) is 5.11 Å². The topological polar surface area (TPSA) is 185 Å². The molecular formula is C24H31N7O4. The third-order valence-electron chi connectivity index (χ3n) is 5.06. The third kappa shape index (κ3) is 9.62. The zero-order valence-corrected chi connectivity index (χ0v) is 19.8. The highest BCUT2D eigenvalue weighted by molar-refractivity contribution is 5.90. The summed E-state index contributed by atoms with van der Waals surface area (Å²) in [5.41, 5.74) is 13.8. The maximum atomic E-state index is 13.0. The molecule has 7 N–H and O–H groups in total. The quantitative estimate of drug-likeness (QED) is 0.142. The van der Waals surface area contributed by atoms with Gasteiger partial charge in [-0.3, -0.25) is 9.79 Å². The van der Waals surface area contributed by atoms with E-state index in [-0.39, 0.29) is 25.3 Å². The van der Waals surface area contributed by atoms with Crippen LogP contribution < -0.4 is 22.1 Å². The molecule has 0 aliphatic carbocycles. The molecule has 2 unspecified atom stereocenters. The second-order valence-corrected chi connectivity index (χ2v) is 8.03. The molecule has 2 atom stereocenters. The van der Waals surface area contributed by atoms with Gasteiger partial charge in [0.15, 0.2) is 5.96 Å². The number of aliphatic carboxylic acids is 1. The highest BCUT2D eigenvalue weighted by Crippen LogP contribution is 2.19. The fourth-order valence-electron chi connectivity index (χ4n) is 3.29. The van der Waals surface area contributed by atoms with E-state index in [0.717, 1.165) is 16.7 Å². The summed E-state index contributed by atoms with van der Waals surface area (Å²) in [5, 5.41) is 22.2. The van der Waals surface area contributed by atoms with Crippen LogP contribution in [0.3, 0.4) is 0 Å². The van der Waals surface area contributed by atoms with Crippen LogP contribution in [0.5, 0.6) is 0 Å². The minimum Gasteiger partial charge on any atom is -0.480 e. The lowest BCUT2D eigenvalue weighted by molar-refractivity contribution is -0.142. The SMILES string of the molecule is Cc1ccc(N=NC(=O)NC(Cc2ccccc2)C(=O)NC(CCCN=C(N)N)C(=O)O)c(C)c1. The number of rotatable bonds is 11. The van der Waals surface area contributed by atoms with Gasteiger partial charge >= 0.3 is 12.0 Å². The number of amides is 3. The summed E-state index contributed by atoms with van der Waals surface area (Å²) in [7, 11) is 0. The normalized spacial score (nSPS) is 12.5. The minimum absolute atomic E-state index is 0.0958. The Labute approximate surface area is 203 Å². The zero-order chi connectivity index (χ0) is 25.8. The highest BCUT2D eigenvalue weighted by Gasteiger charge is 2.26. The molecule has 0 radical (unpaired) electrons. The Morgan fingerprint density at radius 1 is 1.00 bits per heavy atom. The number of nitrogens with two attached hydrogens (primary N) is 2. The Hall–Kier alpha value is -4.28. The van der Waals surface area contributed by atoms with Crippen LogP contribution in [0.4, 0.5) is 10.5 Å². The van der Waals surface area contributed by atoms with Crippen molar-refractivity contribution in [1.82, 2.24) is 10.6 Å². The molecule has 2 rings (SSSR count). The van der Waals surface area contributed by atoms with Crippen LogP contribution in [0.2, 0.25) is 0 Å². The van der Waals surface area contributed by atoms with Crippen molar-refractivity contribution in [2.75, 3.05) is 6.54 Å². The van der Waals surface area contributed by atoms with Crippen LogP contribution in [0, 0.1) is 13.8 Å². The Morgan fingerprint density at radius 2 is 1.71 bits per heavy atom. The van der Waals surface area contributed by atoms with Crippen LogP contribution in [0.15, 0.2) is 63.8 Å². The molecule has 3 amide bonds. The van der Waals surface area contributed by atoms with E-state index in [1.165, 1.54) is 0 Å². The number of nitrogens with zero attached hydrogens (tertiary/aromatic N) is 3. The van der Waals surface area contributed by atoms with Gasteiger partial charge in [-0.05, 0) is 43.9 Å². The van der Waals surface area contributed by atoms with Gasteiger partial charge in [0.2, 0.25) is 5.91 Å². The summed E-state index contributed by atoms with van der Waals surface area (Å²) >= 11 is 0. The molecule has 0 bridgehead atoms. The average Bonchev–Trinajstić information content (AvgIpc) is 2.80. The van der Waals surface area contributed by atoms with Crippen LogP contribution in [-0.4, -0.2) is 47.6 Å². The molecule has 0 aromatic heterocycles. The molecule has 35 heavy (non-hydrogen) atoms. The van der Waals surface area contributed by atoms with Gasteiger partial charge in [0.1, 0.15) is 12.1 Å². The van der Waals surface area contributed by atoms with Gasteiger partial charge in [0, 0.05) is 13.0 Å². The van der Waals surface area contributed by atoms with Crippen LogP contribution in [-0.2, 0) is 16.0 Å². The molecule has 0 spiro atoms. The molecule has 2 aromatic carbocycles. The number of hydrogen-bond donors (Lipinski definition) is 5. The van der Waals surface area contributed by atoms with E-state index in [9.17, 15) is 19.5 Å². The summed E-state index contributed by atoms with van der Waals surface area (Å²) in [5.74, 6) is -1.96. The number of urea groups is 1. The van der Waals surface area contributed by atoms with Crippen molar-refractivity contribution in [3.63, 3.8) is 0 Å². The van der Waals surface area contributed by atoms with Crippen molar-refractivity contribution in [1.29, 1.82) is 0 Å². The van der Waals surface area contributed by atoms with E-state index < -0.39 is 30.0 Å². The standard InChI is InChI=1S/C24H31N7O4/c1-15-10-11-18(16(2)13-15)30-31-24(35)29-20(14-17-7-4-3-5-8-17)21(32)28-19(22(33)34)9-6-12-27-23(25)26/h3-5,7-8,10-11,13,19-20H,6,9,12,14H2,1-2H3,(H,28,32)(H,29,35)(H,33,34)(H4,25,26,27). The van der Waals surface area contributed by atoms with Crippen molar-refractivity contribution in [3.8, 4) is 0 Å². The largest absolute Gasteiger partial charge is 0.480 e. The van der Waals surface area contributed by atoms with Gasteiger partial charge in [-0.25, -0.2) is 9.59 Å². The van der Waals surface area contributed by atoms with Crippen LogP contribution >= 0.6 is 0 Å². The van der Waals surface area contributed by atoms with E-state index >= 15 is 0 Å². The van der Waals surface area contributed by atoms with Crippen molar-refractivity contribution < 1.29 is 19.5 Å². The third-order valence-corrected chi connectivity index (χ3v) is 5.06. The number of benzene rings is 2. The number of nitrogens with one attached hydrogen (secondary N) is 2. The van der Waals surface area contributed by atoms with Crippen molar-refractivity contribution in [3.05, 3.63) is 65.2 Å². The number of carbonyl (C=O) groups excluding carboxylic acids is 2. The predicted molar refractivity (Wildman–Crippen MR) is 132 cm³/mol. The van der Waals surface area contributed by atoms with Crippen molar-refractivity contribution in [2.45, 2.75) is 45.2 Å². The predicted octanol–water partition coefficient (Wildman–Crippen LogP) is 2.33. The lowest BCUT2D eigenvalue weighted by atomic mass is 10.0. The second-order valence-electron chi connectivity index (χ2n) is 8.03. The van der Waals surface area contributed by atoms with E-state index in [0.29, 0.717) is 12.1 Å². The van der Waals surface area contributed by atoms with Gasteiger partial charge in [-0.2, -0.15) is 0 Å². The summed E-state index contributed by atoms with van der Waals surface area (Å²) < 4.78 is 0. The number of hydrogen-bond acceptors (Lipinski definition) is 5. The first kappa shape index (κ1) is 27.0. The van der Waals surface area contributed by atoms with E-state index in [2.05, 4.69) is 25.9 Å². The molecule has 0 saturated heterocycles. The number of carbonyl (C=O) groups is 3. The fraction of sp³-hybridized carbons (Fsp3) is 0.333. The maximum Gasteiger partial charge on any atom is 0.360 e. The summed E-state index contributed by atoms with van der Waals surface area (Å²) in [6, 6.07) is 11.5. The second kappa shape index (κ2) is 13.4. The van der Waals surface area contributed by atoms with Gasteiger partial charge in [0.05, 0.1) is 5.69 Å². The molecule has 0 aliphatic rings. The first-order chi connectivity index (χ1) is 16.7. The first-order valence-electron chi connectivity index (χ1n) is 11.1. The highest BCUT2D eigenvalue weighted by atomic mass is 16.4. The van der Waals surface area contributed by atoms with E-state index in [1.54, 1.807) is 30.3 Å². The summed E-state index contributed by atoms with van der Waals surface area (Å²) in [6.07, 6.45) is 0.586. The molecule has 186 valence electrons.